The zero-order valence-electron chi connectivity index (χ0n) is 17.3. The second kappa shape index (κ2) is 8.03. The number of hydrogen-bond donors (Lipinski definition) is 4. The summed E-state index contributed by atoms with van der Waals surface area (Å²) in [4.78, 5) is 23.2. The molecule has 2 amide bonds. The van der Waals surface area contributed by atoms with E-state index in [2.05, 4.69) is 27.4 Å². The average molecular weight is 434 g/mol. The van der Waals surface area contributed by atoms with Gasteiger partial charge in [0.1, 0.15) is 5.82 Å². The molecule has 1 saturated heterocycles. The Morgan fingerprint density at radius 2 is 1.97 bits per heavy atom. The third kappa shape index (κ3) is 3.83. The first-order valence-corrected chi connectivity index (χ1v) is 11.7. The predicted molar refractivity (Wildman–Crippen MR) is 118 cm³/mol. The van der Waals surface area contributed by atoms with Crippen LogP contribution in [0.2, 0.25) is 0 Å². The minimum absolute atomic E-state index is 0.124. The highest BCUT2D eigenvalue weighted by Crippen LogP contribution is 2.63. The molecule has 2 atom stereocenters. The van der Waals surface area contributed by atoms with Crippen LogP contribution in [-0.2, 0) is 10.5 Å². The van der Waals surface area contributed by atoms with Crippen molar-refractivity contribution in [3.8, 4) is 11.4 Å². The maximum atomic E-state index is 11.5. The molecule has 10 heteroatoms. The van der Waals surface area contributed by atoms with Crippen molar-refractivity contribution in [3.63, 3.8) is 0 Å². The Morgan fingerprint density at radius 3 is 2.63 bits per heavy atom. The maximum Gasteiger partial charge on any atom is 0.318 e. The molecule has 1 aromatic carbocycles. The van der Waals surface area contributed by atoms with E-state index in [-0.39, 0.29) is 17.8 Å². The number of fused-ring (bicyclic) bond motifs is 1. The zero-order chi connectivity index (χ0) is 21.5. The Labute approximate surface area is 177 Å². The first-order chi connectivity index (χ1) is 14.3. The van der Waals surface area contributed by atoms with Crippen LogP contribution in [0.15, 0.2) is 24.3 Å². The molecule has 162 valence electrons. The molecule has 2 aliphatic rings. The number of rotatable bonds is 3. The van der Waals surface area contributed by atoms with E-state index in [4.69, 9.17) is 9.72 Å². The quantitative estimate of drug-likeness (QED) is 0.585. The minimum atomic E-state index is -2.80. The van der Waals surface area contributed by atoms with Crippen LogP contribution in [0.5, 0.6) is 0 Å². The van der Waals surface area contributed by atoms with E-state index in [0.717, 1.165) is 16.9 Å². The normalized spacial score (nSPS) is 23.6. The van der Waals surface area contributed by atoms with Gasteiger partial charge >= 0.3 is 6.03 Å². The maximum absolute atomic E-state index is 11.5. The molecule has 0 bridgehead atoms. The highest BCUT2D eigenvalue weighted by Gasteiger charge is 2.40. The van der Waals surface area contributed by atoms with Crippen LogP contribution in [0.4, 0.5) is 16.3 Å². The number of carbonyl (C=O) groups excluding carboxylic acids is 1. The molecule has 4 rings (SSSR count). The van der Waals surface area contributed by atoms with Gasteiger partial charge in [0.2, 0.25) is 0 Å². The molecular weight excluding hydrogens is 406 g/mol. The molecule has 30 heavy (non-hydrogen) atoms. The molecular formula is C20H27N5O4S. The van der Waals surface area contributed by atoms with E-state index in [1.165, 1.54) is 0 Å². The summed E-state index contributed by atoms with van der Waals surface area (Å²) in [5.41, 5.74) is 2.96. The largest absolute Gasteiger partial charge is 0.377 e. The first-order valence-electron chi connectivity index (χ1n) is 9.89. The number of aromatic nitrogens is 2. The van der Waals surface area contributed by atoms with E-state index in [1.807, 2.05) is 19.1 Å². The lowest BCUT2D eigenvalue weighted by Crippen LogP contribution is -2.44. The smallest absolute Gasteiger partial charge is 0.318 e. The van der Waals surface area contributed by atoms with Crippen LogP contribution >= 0.6 is 10.6 Å². The number of amides is 2. The highest BCUT2D eigenvalue weighted by molar-refractivity contribution is 8.24. The average Bonchev–Trinajstić information content (AvgIpc) is 2.96. The number of hydrogen-bond acceptors (Lipinski definition) is 7. The molecule has 4 N–H and O–H groups in total. The lowest BCUT2D eigenvalue weighted by atomic mass is 10.1. The molecule has 0 saturated carbocycles. The van der Waals surface area contributed by atoms with Crippen molar-refractivity contribution in [1.29, 1.82) is 0 Å². The Balaban J connectivity index is 1.75. The fourth-order valence-electron chi connectivity index (χ4n) is 3.83. The molecule has 1 fully saturated rings. The monoisotopic (exact) mass is 433 g/mol. The summed E-state index contributed by atoms with van der Waals surface area (Å²) in [7, 11) is -1.24. The number of anilines is 2. The van der Waals surface area contributed by atoms with E-state index < -0.39 is 15.8 Å². The number of nitrogens with zero attached hydrogens (tertiary/aromatic N) is 3. The number of morpholine rings is 1. The molecule has 2 aliphatic heterocycles. The number of carbonyl (C=O) groups is 1. The molecule has 3 heterocycles. The number of ether oxygens (including phenoxy) is 1. The summed E-state index contributed by atoms with van der Waals surface area (Å²) in [5, 5.41) is 4.82. The highest BCUT2D eigenvalue weighted by atomic mass is 32.3. The summed E-state index contributed by atoms with van der Waals surface area (Å²) >= 11 is 0. The Bertz CT molecular complexity index is 953. The van der Waals surface area contributed by atoms with Gasteiger partial charge in [-0.2, -0.15) is 10.6 Å². The summed E-state index contributed by atoms with van der Waals surface area (Å²) in [6.07, 6.45) is 0. The van der Waals surface area contributed by atoms with Crippen molar-refractivity contribution in [2.75, 3.05) is 37.0 Å². The Kier molecular flexibility index (Phi) is 5.58. The third-order valence-electron chi connectivity index (χ3n) is 5.59. The minimum Gasteiger partial charge on any atom is -0.377 e. The lowest BCUT2D eigenvalue weighted by molar-refractivity contribution is 0.0984. The van der Waals surface area contributed by atoms with Gasteiger partial charge in [0.25, 0.3) is 0 Å². The van der Waals surface area contributed by atoms with Gasteiger partial charge in [-0.1, -0.05) is 0 Å². The summed E-state index contributed by atoms with van der Waals surface area (Å²) in [6.45, 7) is 5.79. The predicted octanol–water partition coefficient (Wildman–Crippen LogP) is 3.45. The van der Waals surface area contributed by atoms with Gasteiger partial charge in [-0.05, 0) is 38.1 Å². The van der Waals surface area contributed by atoms with Crippen LogP contribution in [0.3, 0.4) is 0 Å². The fraction of sp³-hybridized carbons (Fsp3) is 0.450. The van der Waals surface area contributed by atoms with Crippen molar-refractivity contribution >= 4 is 28.1 Å². The van der Waals surface area contributed by atoms with Crippen molar-refractivity contribution in [1.82, 2.24) is 15.3 Å². The molecule has 2 aromatic rings. The van der Waals surface area contributed by atoms with E-state index in [9.17, 15) is 13.9 Å². The van der Waals surface area contributed by atoms with E-state index in [0.29, 0.717) is 37.0 Å². The molecule has 1 aromatic heterocycles. The van der Waals surface area contributed by atoms with Gasteiger partial charge in [0.05, 0.1) is 36.0 Å². The van der Waals surface area contributed by atoms with Crippen LogP contribution in [0, 0.1) is 0 Å². The van der Waals surface area contributed by atoms with Crippen molar-refractivity contribution < 1.29 is 18.6 Å². The van der Waals surface area contributed by atoms with Crippen molar-refractivity contribution in [2.24, 2.45) is 0 Å². The van der Waals surface area contributed by atoms with Crippen LogP contribution < -0.4 is 15.5 Å². The van der Waals surface area contributed by atoms with Crippen LogP contribution in [0.25, 0.3) is 11.4 Å². The lowest BCUT2D eigenvalue weighted by Gasteiger charge is -2.37. The van der Waals surface area contributed by atoms with Gasteiger partial charge < -0.3 is 20.3 Å². The summed E-state index contributed by atoms with van der Waals surface area (Å²) in [5.74, 6) is 1.42. The zero-order valence-corrected chi connectivity index (χ0v) is 18.1. The topological polar surface area (TPSA) is 120 Å². The van der Waals surface area contributed by atoms with Crippen LogP contribution in [0.1, 0.15) is 30.4 Å². The molecule has 9 nitrogen and oxygen atoms in total. The van der Waals surface area contributed by atoms with Gasteiger partial charge in [-0.15, -0.1) is 0 Å². The second-order valence-corrected chi connectivity index (χ2v) is 10.1. The van der Waals surface area contributed by atoms with Gasteiger partial charge in [0.15, 0.2) is 5.82 Å². The standard InChI is InChI=1S/C20H27N5O4S/c1-12-10-29-9-8-25(12)19-17-13(2)30(27,28)11-16(17)23-18(24-19)14-4-6-15(7-5-14)22-20(26)21-3/h4-7,12-13,27-28H,8-11H2,1-3H3,(H2,21,22,26). The Morgan fingerprint density at radius 1 is 1.23 bits per heavy atom. The first kappa shape index (κ1) is 20.9. The van der Waals surface area contributed by atoms with E-state index >= 15 is 0 Å². The molecule has 0 radical (unpaired) electrons. The summed E-state index contributed by atoms with van der Waals surface area (Å²) in [6, 6.07) is 7.09. The molecule has 2 unspecified atom stereocenters. The van der Waals surface area contributed by atoms with Gasteiger partial charge in [-0.25, -0.2) is 14.8 Å². The van der Waals surface area contributed by atoms with Crippen molar-refractivity contribution in [2.45, 2.75) is 30.9 Å². The second-order valence-electron chi connectivity index (χ2n) is 7.63. The third-order valence-corrected chi connectivity index (χ3v) is 7.66. The number of urea groups is 1. The SMILES string of the molecule is CNC(=O)Nc1ccc(-c2nc3c(c(N4CCOCC4C)n2)C(C)S(O)(O)C3)cc1. The molecule has 0 aliphatic carbocycles. The number of nitrogens with one attached hydrogen (secondary N) is 2. The van der Waals surface area contributed by atoms with Gasteiger partial charge in [0, 0.05) is 30.4 Å². The van der Waals surface area contributed by atoms with Crippen molar-refractivity contribution in [3.05, 3.63) is 35.5 Å². The van der Waals surface area contributed by atoms with Gasteiger partial charge in [-0.3, -0.25) is 9.11 Å². The number of benzene rings is 1. The summed E-state index contributed by atoms with van der Waals surface area (Å²) < 4.78 is 26.7. The Hall–Kier alpha value is -2.40. The van der Waals surface area contributed by atoms with E-state index in [1.54, 1.807) is 19.2 Å². The van der Waals surface area contributed by atoms with Crippen LogP contribution in [-0.4, -0.2) is 58.0 Å². The molecule has 0 spiro atoms. The fourth-order valence-corrected chi connectivity index (χ4v) is 5.32.